The minimum Gasteiger partial charge on any atom is -0.497 e. The smallest absolute Gasteiger partial charge is 0.190 e. The molecule has 3 heterocycles. The van der Waals surface area contributed by atoms with E-state index in [1.165, 1.54) is 16.5 Å². The second-order valence-electron chi connectivity index (χ2n) is 7.22. The van der Waals surface area contributed by atoms with Gasteiger partial charge in [0.2, 0.25) is 0 Å². The highest BCUT2D eigenvalue weighted by Gasteiger charge is 2.11. The quantitative estimate of drug-likeness (QED) is 0.386. The maximum Gasteiger partial charge on any atom is 0.190 e. The second kappa shape index (κ2) is 8.62. The van der Waals surface area contributed by atoms with Gasteiger partial charge in [-0.3, -0.25) is 4.98 Å². The van der Waals surface area contributed by atoms with Gasteiger partial charge < -0.3 is 14.3 Å². The highest BCUT2D eigenvalue weighted by molar-refractivity contribution is 7.07. The van der Waals surface area contributed by atoms with Gasteiger partial charge in [-0.2, -0.15) is 0 Å². The molecule has 0 radical (unpaired) electrons. The minimum atomic E-state index is 0.825. The summed E-state index contributed by atoms with van der Waals surface area (Å²) in [5.41, 5.74) is 5.62. The second-order valence-corrected chi connectivity index (χ2v) is 8.05. The minimum absolute atomic E-state index is 0.825. The number of nitrogens with one attached hydrogen (secondary N) is 1. The number of hydrogen-bond donors (Lipinski definition) is 1. The molecule has 0 bridgehead atoms. The van der Waals surface area contributed by atoms with Crippen LogP contribution < -0.4 is 9.54 Å². The molecule has 0 spiro atoms. The van der Waals surface area contributed by atoms with Crippen LogP contribution in [0.25, 0.3) is 22.2 Å². The number of aryl methyl sites for hydroxylation is 1. The Morgan fingerprint density at radius 3 is 2.74 bits per heavy atom. The van der Waals surface area contributed by atoms with Crippen molar-refractivity contribution >= 4 is 27.9 Å². The van der Waals surface area contributed by atoms with Crippen molar-refractivity contribution in [2.24, 2.45) is 4.99 Å². The lowest BCUT2D eigenvalue weighted by Gasteiger charge is -2.10. The summed E-state index contributed by atoms with van der Waals surface area (Å²) in [6, 6.07) is 20.5. The molecule has 6 heteroatoms. The topological polar surface area (TPSA) is 55.2 Å². The Balaban J connectivity index is 1.55. The van der Waals surface area contributed by atoms with Gasteiger partial charge >= 0.3 is 0 Å². The standard InChI is InChI=1S/C25H22N4OS/c1-30-21-10-8-18(9-11-21)24-17-31-25(28-20-5-4-13-26-16-20)29(24)14-12-19-15-27-23-7-3-2-6-22(19)23/h2-11,13,15-17,27H,12,14H2,1H3. The van der Waals surface area contributed by atoms with E-state index in [2.05, 4.69) is 62.5 Å². The summed E-state index contributed by atoms with van der Waals surface area (Å²) < 4.78 is 7.62. The highest BCUT2D eigenvalue weighted by atomic mass is 32.1. The molecule has 3 aromatic heterocycles. The third-order valence-corrected chi connectivity index (χ3v) is 6.20. The number of ether oxygens (including phenoxy) is 1. The number of thiazole rings is 1. The van der Waals surface area contributed by atoms with Crippen LogP contribution in [0.4, 0.5) is 5.69 Å². The van der Waals surface area contributed by atoms with Gasteiger partial charge in [0.1, 0.15) is 5.75 Å². The van der Waals surface area contributed by atoms with Crippen molar-refractivity contribution in [2.75, 3.05) is 7.11 Å². The molecule has 154 valence electrons. The van der Waals surface area contributed by atoms with Crippen LogP contribution in [0, 0.1) is 0 Å². The molecule has 0 atom stereocenters. The maximum absolute atomic E-state index is 5.32. The summed E-state index contributed by atoms with van der Waals surface area (Å²) in [5.74, 6) is 0.851. The van der Waals surface area contributed by atoms with Crippen molar-refractivity contribution in [2.45, 2.75) is 13.0 Å². The van der Waals surface area contributed by atoms with Crippen molar-refractivity contribution in [3.05, 3.63) is 95.0 Å². The third kappa shape index (κ3) is 4.02. The van der Waals surface area contributed by atoms with E-state index in [0.29, 0.717) is 0 Å². The van der Waals surface area contributed by atoms with E-state index in [0.717, 1.165) is 40.5 Å². The molecule has 0 amide bonds. The fourth-order valence-corrected chi connectivity index (χ4v) is 4.68. The summed E-state index contributed by atoms with van der Waals surface area (Å²) in [6.07, 6.45) is 6.57. The fraction of sp³-hybridized carbons (Fsp3) is 0.120. The number of methoxy groups -OCH3 is 1. The van der Waals surface area contributed by atoms with Crippen molar-refractivity contribution in [3.63, 3.8) is 0 Å². The Bertz CT molecular complexity index is 1360. The molecule has 5 rings (SSSR count). The zero-order valence-corrected chi connectivity index (χ0v) is 18.0. The lowest BCUT2D eigenvalue weighted by molar-refractivity contribution is 0.415. The molecule has 0 aliphatic rings. The largest absolute Gasteiger partial charge is 0.497 e. The number of fused-ring (bicyclic) bond motifs is 1. The number of benzene rings is 2. The van der Waals surface area contributed by atoms with Gasteiger partial charge in [0, 0.05) is 35.2 Å². The van der Waals surface area contributed by atoms with Crippen molar-refractivity contribution in [3.8, 4) is 17.0 Å². The molecule has 0 fully saturated rings. The number of nitrogens with zero attached hydrogens (tertiary/aromatic N) is 3. The molecule has 0 saturated heterocycles. The van der Waals surface area contributed by atoms with Gasteiger partial charge in [-0.15, -0.1) is 11.3 Å². The van der Waals surface area contributed by atoms with Gasteiger partial charge in [-0.25, -0.2) is 4.99 Å². The van der Waals surface area contributed by atoms with E-state index in [9.17, 15) is 0 Å². The van der Waals surface area contributed by atoms with Crippen LogP contribution in [0.3, 0.4) is 0 Å². The van der Waals surface area contributed by atoms with Crippen LogP contribution in [0.15, 0.2) is 89.6 Å². The summed E-state index contributed by atoms with van der Waals surface area (Å²) in [5, 5.41) is 3.45. The lowest BCUT2D eigenvalue weighted by Crippen LogP contribution is -2.17. The van der Waals surface area contributed by atoms with E-state index in [-0.39, 0.29) is 0 Å². The van der Waals surface area contributed by atoms with Crippen LogP contribution in [-0.4, -0.2) is 21.6 Å². The average Bonchev–Trinajstić information content (AvgIpc) is 3.42. The Labute approximate surface area is 184 Å². The van der Waals surface area contributed by atoms with Crippen LogP contribution in [0.2, 0.25) is 0 Å². The number of aromatic nitrogens is 3. The van der Waals surface area contributed by atoms with Crippen molar-refractivity contribution in [1.82, 2.24) is 14.5 Å². The predicted molar refractivity (Wildman–Crippen MR) is 126 cm³/mol. The first-order chi connectivity index (χ1) is 15.3. The number of hydrogen-bond acceptors (Lipinski definition) is 4. The van der Waals surface area contributed by atoms with Gasteiger partial charge in [-0.05, 0) is 60.0 Å². The molecule has 31 heavy (non-hydrogen) atoms. The van der Waals surface area contributed by atoms with Crippen LogP contribution in [0.1, 0.15) is 5.56 Å². The van der Waals surface area contributed by atoms with E-state index in [1.54, 1.807) is 30.8 Å². The van der Waals surface area contributed by atoms with E-state index >= 15 is 0 Å². The first kappa shape index (κ1) is 19.3. The Morgan fingerprint density at radius 2 is 1.94 bits per heavy atom. The molecule has 5 aromatic rings. The number of H-pyrrole nitrogens is 1. The molecule has 0 aliphatic carbocycles. The molecular weight excluding hydrogens is 404 g/mol. The highest BCUT2D eigenvalue weighted by Crippen LogP contribution is 2.25. The lowest BCUT2D eigenvalue weighted by atomic mass is 10.1. The Kier molecular flexibility index (Phi) is 5.37. The number of aromatic amines is 1. The van der Waals surface area contributed by atoms with Crippen molar-refractivity contribution in [1.29, 1.82) is 0 Å². The zero-order chi connectivity index (χ0) is 21.0. The predicted octanol–water partition coefficient (Wildman–Crippen LogP) is 5.58. The third-order valence-electron chi connectivity index (χ3n) is 5.33. The van der Waals surface area contributed by atoms with Gasteiger partial charge in [0.05, 0.1) is 24.7 Å². The van der Waals surface area contributed by atoms with Crippen LogP contribution in [0.5, 0.6) is 5.75 Å². The number of para-hydroxylation sites is 1. The molecule has 2 aromatic carbocycles. The van der Waals surface area contributed by atoms with Crippen LogP contribution in [-0.2, 0) is 13.0 Å². The Morgan fingerprint density at radius 1 is 1.06 bits per heavy atom. The normalized spacial score (nSPS) is 11.8. The van der Waals surface area contributed by atoms with Gasteiger partial charge in [0.15, 0.2) is 4.80 Å². The fourth-order valence-electron chi connectivity index (χ4n) is 3.73. The van der Waals surface area contributed by atoms with E-state index in [4.69, 9.17) is 9.73 Å². The first-order valence-electron chi connectivity index (χ1n) is 10.1. The van der Waals surface area contributed by atoms with Crippen molar-refractivity contribution < 1.29 is 4.74 Å². The van der Waals surface area contributed by atoms with Crippen LogP contribution >= 0.6 is 11.3 Å². The number of pyridine rings is 1. The first-order valence-corrected chi connectivity index (χ1v) is 11.0. The summed E-state index contributed by atoms with van der Waals surface area (Å²) in [6.45, 7) is 0.825. The summed E-state index contributed by atoms with van der Waals surface area (Å²) in [4.78, 5) is 13.4. The number of rotatable bonds is 6. The zero-order valence-electron chi connectivity index (χ0n) is 17.2. The molecule has 5 nitrogen and oxygen atoms in total. The Hall–Kier alpha value is -3.64. The monoisotopic (exact) mass is 426 g/mol. The molecule has 0 saturated carbocycles. The SMILES string of the molecule is COc1ccc(-c2csc(=Nc3cccnc3)n2CCc2c[nH]c3ccccc23)cc1. The maximum atomic E-state index is 5.32. The van der Waals surface area contributed by atoms with E-state index < -0.39 is 0 Å². The molecule has 0 aliphatic heterocycles. The average molecular weight is 427 g/mol. The molecule has 0 unspecified atom stereocenters. The summed E-state index contributed by atoms with van der Waals surface area (Å²) in [7, 11) is 1.69. The van der Waals surface area contributed by atoms with E-state index in [1.807, 2.05) is 24.3 Å². The van der Waals surface area contributed by atoms with Gasteiger partial charge in [-0.1, -0.05) is 18.2 Å². The molecule has 1 N–H and O–H groups in total. The van der Waals surface area contributed by atoms with Gasteiger partial charge in [0.25, 0.3) is 0 Å². The summed E-state index contributed by atoms with van der Waals surface area (Å²) >= 11 is 1.65. The molecular formula is C25H22N4OS.